The van der Waals surface area contributed by atoms with Crippen molar-refractivity contribution in [2.24, 2.45) is 11.8 Å². The van der Waals surface area contributed by atoms with E-state index in [2.05, 4.69) is 54.6 Å². The average Bonchev–Trinajstić information content (AvgIpc) is 3.46. The number of urea groups is 1. The standard InChI is InChI=1S/C22H33BrN4O3/c23-19-2-1-3-20(12-19)27-6-4-17(15-27)13-24-22(28)25-14-21(18-5-9-30-16-18)26-7-10-29-11-8-26/h1-3,12,17-18,21H,4-11,13-16H2,(H2,24,25,28). The SMILES string of the molecule is O=C(NCC1CCN(c2cccc(Br)c2)C1)NCC(C1CCOC1)N1CCOCC1. The molecule has 0 aliphatic carbocycles. The molecule has 0 aromatic heterocycles. The highest BCUT2D eigenvalue weighted by atomic mass is 79.9. The average molecular weight is 481 g/mol. The molecule has 3 aliphatic heterocycles. The van der Waals surface area contributed by atoms with E-state index in [-0.39, 0.29) is 6.03 Å². The quantitative estimate of drug-likeness (QED) is 0.626. The third-order valence-corrected chi connectivity index (χ3v) is 7.00. The number of rotatable bonds is 7. The van der Waals surface area contributed by atoms with Gasteiger partial charge in [-0.25, -0.2) is 4.79 Å². The zero-order valence-corrected chi connectivity index (χ0v) is 19.1. The highest BCUT2D eigenvalue weighted by Crippen LogP contribution is 2.26. The van der Waals surface area contributed by atoms with E-state index in [1.165, 1.54) is 5.69 Å². The van der Waals surface area contributed by atoms with Gasteiger partial charge in [0.25, 0.3) is 0 Å². The van der Waals surface area contributed by atoms with Gasteiger partial charge in [0.05, 0.1) is 19.8 Å². The van der Waals surface area contributed by atoms with E-state index in [0.717, 1.165) is 69.9 Å². The minimum absolute atomic E-state index is 0.0620. The van der Waals surface area contributed by atoms with Gasteiger partial charge < -0.3 is 25.0 Å². The monoisotopic (exact) mass is 480 g/mol. The van der Waals surface area contributed by atoms with Gasteiger partial charge in [-0.3, -0.25) is 4.90 Å². The predicted molar refractivity (Wildman–Crippen MR) is 121 cm³/mol. The van der Waals surface area contributed by atoms with Crippen molar-refractivity contribution in [3.05, 3.63) is 28.7 Å². The molecule has 3 saturated heterocycles. The van der Waals surface area contributed by atoms with Crippen molar-refractivity contribution in [1.29, 1.82) is 0 Å². The van der Waals surface area contributed by atoms with Gasteiger partial charge in [0.15, 0.2) is 0 Å². The fourth-order valence-corrected chi connectivity index (χ4v) is 5.15. The van der Waals surface area contributed by atoms with Crippen molar-refractivity contribution in [2.75, 3.05) is 70.6 Å². The fraction of sp³-hybridized carbons (Fsp3) is 0.682. The van der Waals surface area contributed by atoms with Crippen LogP contribution in [-0.2, 0) is 9.47 Å². The van der Waals surface area contributed by atoms with Crippen LogP contribution in [0.1, 0.15) is 12.8 Å². The normalized spacial score (nSPS) is 26.0. The number of benzene rings is 1. The summed E-state index contributed by atoms with van der Waals surface area (Å²) in [5, 5.41) is 6.22. The lowest BCUT2D eigenvalue weighted by Gasteiger charge is -2.37. The molecule has 3 atom stereocenters. The highest BCUT2D eigenvalue weighted by molar-refractivity contribution is 9.10. The van der Waals surface area contributed by atoms with Crippen molar-refractivity contribution < 1.29 is 14.3 Å². The maximum absolute atomic E-state index is 12.5. The summed E-state index contributed by atoms with van der Waals surface area (Å²) in [6.07, 6.45) is 2.17. The van der Waals surface area contributed by atoms with E-state index in [1.54, 1.807) is 0 Å². The topological polar surface area (TPSA) is 66.1 Å². The van der Waals surface area contributed by atoms with Gasteiger partial charge in [0.1, 0.15) is 0 Å². The lowest BCUT2D eigenvalue weighted by molar-refractivity contribution is 0.00212. The largest absolute Gasteiger partial charge is 0.381 e. The minimum Gasteiger partial charge on any atom is -0.381 e. The van der Waals surface area contributed by atoms with Crippen molar-refractivity contribution in [2.45, 2.75) is 18.9 Å². The number of hydrogen-bond acceptors (Lipinski definition) is 5. The van der Waals surface area contributed by atoms with Gasteiger partial charge in [-0.2, -0.15) is 0 Å². The van der Waals surface area contributed by atoms with Crippen LogP contribution in [0.4, 0.5) is 10.5 Å². The maximum Gasteiger partial charge on any atom is 0.314 e. The summed E-state index contributed by atoms with van der Waals surface area (Å²) in [4.78, 5) is 17.3. The van der Waals surface area contributed by atoms with Crippen LogP contribution in [0.15, 0.2) is 28.7 Å². The first-order chi connectivity index (χ1) is 14.7. The third kappa shape index (κ3) is 5.87. The molecule has 30 heavy (non-hydrogen) atoms. The maximum atomic E-state index is 12.5. The van der Waals surface area contributed by atoms with Crippen molar-refractivity contribution in [3.63, 3.8) is 0 Å². The molecule has 1 aromatic rings. The Balaban J connectivity index is 1.21. The Morgan fingerprint density at radius 1 is 1.13 bits per heavy atom. The first-order valence-corrected chi connectivity index (χ1v) is 11.9. The third-order valence-electron chi connectivity index (χ3n) is 6.51. The molecule has 1 aromatic carbocycles. The summed E-state index contributed by atoms with van der Waals surface area (Å²) in [5.41, 5.74) is 1.24. The molecule has 0 spiro atoms. The molecule has 2 amide bonds. The van der Waals surface area contributed by atoms with Crippen LogP contribution in [0.3, 0.4) is 0 Å². The zero-order valence-electron chi connectivity index (χ0n) is 17.5. The van der Waals surface area contributed by atoms with Crippen molar-refractivity contribution in [3.8, 4) is 0 Å². The number of nitrogens with zero attached hydrogens (tertiary/aromatic N) is 2. The van der Waals surface area contributed by atoms with Gasteiger partial charge in [-0.05, 0) is 37.0 Å². The number of carbonyl (C=O) groups is 1. The second-order valence-electron chi connectivity index (χ2n) is 8.51. The van der Waals surface area contributed by atoms with Crippen molar-refractivity contribution >= 4 is 27.6 Å². The number of nitrogens with one attached hydrogen (secondary N) is 2. The number of anilines is 1. The highest BCUT2D eigenvalue weighted by Gasteiger charge is 2.32. The number of ether oxygens (including phenoxy) is 2. The molecule has 0 saturated carbocycles. The van der Waals surface area contributed by atoms with Gasteiger partial charge in [-0.1, -0.05) is 22.0 Å². The molecule has 166 valence electrons. The van der Waals surface area contributed by atoms with Crippen LogP contribution >= 0.6 is 15.9 Å². The molecule has 4 rings (SSSR count). The van der Waals surface area contributed by atoms with E-state index in [4.69, 9.17) is 9.47 Å². The van der Waals surface area contributed by atoms with Crippen LogP contribution in [0.2, 0.25) is 0 Å². The van der Waals surface area contributed by atoms with Crippen LogP contribution < -0.4 is 15.5 Å². The van der Waals surface area contributed by atoms with E-state index < -0.39 is 0 Å². The van der Waals surface area contributed by atoms with Crippen LogP contribution in [0.25, 0.3) is 0 Å². The van der Waals surface area contributed by atoms with Gasteiger partial charge in [-0.15, -0.1) is 0 Å². The van der Waals surface area contributed by atoms with Crippen LogP contribution in [0.5, 0.6) is 0 Å². The first kappa shape index (κ1) is 21.9. The Morgan fingerprint density at radius 2 is 2.00 bits per heavy atom. The van der Waals surface area contributed by atoms with Crippen LogP contribution in [0, 0.1) is 11.8 Å². The first-order valence-electron chi connectivity index (χ1n) is 11.1. The van der Waals surface area contributed by atoms with Gasteiger partial charge >= 0.3 is 6.03 Å². The smallest absolute Gasteiger partial charge is 0.314 e. The molecule has 7 nitrogen and oxygen atoms in total. The van der Waals surface area contributed by atoms with E-state index in [0.29, 0.717) is 31.0 Å². The predicted octanol–water partition coefficient (Wildman–Crippen LogP) is 2.31. The summed E-state index contributed by atoms with van der Waals surface area (Å²) >= 11 is 3.55. The van der Waals surface area contributed by atoms with Gasteiger partial charge in [0, 0.05) is 68.0 Å². The Labute approximate surface area is 187 Å². The zero-order chi connectivity index (χ0) is 20.8. The summed E-state index contributed by atoms with van der Waals surface area (Å²) in [6, 6.07) is 8.67. The second-order valence-corrected chi connectivity index (χ2v) is 9.43. The lowest BCUT2D eigenvalue weighted by Crippen LogP contribution is -2.53. The molecule has 3 unspecified atom stereocenters. The van der Waals surface area contributed by atoms with Crippen LogP contribution in [-0.4, -0.2) is 82.7 Å². The second kappa shape index (κ2) is 10.8. The Morgan fingerprint density at radius 3 is 2.77 bits per heavy atom. The molecule has 3 heterocycles. The minimum atomic E-state index is -0.0620. The molecule has 2 N–H and O–H groups in total. The molecular formula is C22H33BrN4O3. The Hall–Kier alpha value is -1.35. The molecule has 0 bridgehead atoms. The summed E-state index contributed by atoms with van der Waals surface area (Å²) in [5.74, 6) is 0.963. The van der Waals surface area contributed by atoms with Gasteiger partial charge in [0.2, 0.25) is 0 Å². The fourth-order valence-electron chi connectivity index (χ4n) is 4.76. The Bertz CT molecular complexity index is 695. The number of morpholine rings is 1. The molecular weight excluding hydrogens is 448 g/mol. The number of carbonyl (C=O) groups excluding carboxylic acids is 1. The summed E-state index contributed by atoms with van der Waals surface area (Å²) < 4.78 is 12.2. The molecule has 3 fully saturated rings. The lowest BCUT2D eigenvalue weighted by atomic mass is 9.97. The van der Waals surface area contributed by atoms with E-state index in [9.17, 15) is 4.79 Å². The van der Waals surface area contributed by atoms with Crippen molar-refractivity contribution in [1.82, 2.24) is 15.5 Å². The molecule has 3 aliphatic rings. The Kier molecular flexibility index (Phi) is 7.87. The number of halogens is 1. The summed E-state index contributed by atoms with van der Waals surface area (Å²) in [7, 11) is 0. The number of amides is 2. The number of hydrogen-bond donors (Lipinski definition) is 2. The molecule has 8 heteroatoms. The van der Waals surface area contributed by atoms with E-state index >= 15 is 0 Å². The summed E-state index contributed by atoms with van der Waals surface area (Å²) in [6.45, 7) is 8.40. The molecule has 0 radical (unpaired) electrons. The van der Waals surface area contributed by atoms with E-state index in [1.807, 2.05) is 6.07 Å².